The van der Waals surface area contributed by atoms with Gasteiger partial charge in [-0.15, -0.1) is 0 Å². The number of aromatic nitrogens is 4. The Hall–Kier alpha value is -4.02. The van der Waals surface area contributed by atoms with Crippen LogP contribution < -0.4 is 15.8 Å². The van der Waals surface area contributed by atoms with Gasteiger partial charge in [0, 0.05) is 74.8 Å². The van der Waals surface area contributed by atoms with E-state index in [1.54, 1.807) is 30.0 Å². The van der Waals surface area contributed by atoms with Gasteiger partial charge in [0.1, 0.15) is 5.65 Å². The number of carbonyl (C=O) groups is 1. The Morgan fingerprint density at radius 2 is 1.75 bits per heavy atom. The van der Waals surface area contributed by atoms with Gasteiger partial charge in [-0.3, -0.25) is 19.1 Å². The van der Waals surface area contributed by atoms with Crippen LogP contribution in [-0.2, 0) is 4.79 Å². The Bertz CT molecular complexity index is 1730. The molecule has 0 spiro atoms. The van der Waals surface area contributed by atoms with Crippen LogP contribution in [0.4, 0.5) is 17.3 Å². The van der Waals surface area contributed by atoms with E-state index in [4.69, 9.17) is 16.6 Å². The summed E-state index contributed by atoms with van der Waals surface area (Å²) in [5.41, 5.74) is 4.05. The number of piperidine rings is 1. The van der Waals surface area contributed by atoms with Gasteiger partial charge in [0.2, 0.25) is 11.9 Å². The molecule has 1 N–H and O–H groups in total. The van der Waals surface area contributed by atoms with E-state index in [1.807, 2.05) is 36.9 Å². The maximum Gasteiger partial charge on any atom is 0.261 e. The van der Waals surface area contributed by atoms with Crippen molar-refractivity contribution in [3.05, 3.63) is 69.7 Å². The first kappa shape index (κ1) is 30.0. The first-order valence-corrected chi connectivity index (χ1v) is 15.7. The van der Waals surface area contributed by atoms with E-state index in [1.165, 1.54) is 5.69 Å². The van der Waals surface area contributed by atoms with Crippen molar-refractivity contribution < 1.29 is 4.79 Å². The number of anilines is 3. The highest BCUT2D eigenvalue weighted by molar-refractivity contribution is 6.33. The number of rotatable bonds is 6. The third-order valence-corrected chi connectivity index (χ3v) is 8.98. The summed E-state index contributed by atoms with van der Waals surface area (Å²) in [6, 6.07) is 11.7. The molecule has 0 aliphatic carbocycles. The molecule has 1 aromatic carbocycles. The number of likely N-dealkylation sites (tertiary alicyclic amines) is 1. The average Bonchev–Trinajstić information content (AvgIpc) is 3.01. The Morgan fingerprint density at radius 3 is 2.43 bits per heavy atom. The summed E-state index contributed by atoms with van der Waals surface area (Å²) >= 11 is 6.79. The lowest BCUT2D eigenvalue weighted by molar-refractivity contribution is -0.132. The summed E-state index contributed by atoms with van der Waals surface area (Å²) in [5, 5.41) is 4.38. The van der Waals surface area contributed by atoms with Crippen LogP contribution in [0.25, 0.3) is 22.3 Å². The zero-order valence-electron chi connectivity index (χ0n) is 25.8. The van der Waals surface area contributed by atoms with Gasteiger partial charge in [-0.25, -0.2) is 4.98 Å². The number of nitrogens with zero attached hydrogens (tertiary/aromatic N) is 7. The van der Waals surface area contributed by atoms with Crippen LogP contribution in [0.5, 0.6) is 0 Å². The Balaban J connectivity index is 1.29. The van der Waals surface area contributed by atoms with E-state index < -0.39 is 0 Å². The lowest BCUT2D eigenvalue weighted by Crippen LogP contribution is -2.44. The quantitative estimate of drug-likeness (QED) is 0.297. The molecule has 5 heterocycles. The highest BCUT2D eigenvalue weighted by Gasteiger charge is 2.27. The molecule has 3 aromatic heterocycles. The summed E-state index contributed by atoms with van der Waals surface area (Å²) in [7, 11) is 2.15. The summed E-state index contributed by atoms with van der Waals surface area (Å²) in [5.74, 6) is 0.454. The second-order valence-corrected chi connectivity index (χ2v) is 12.5. The zero-order valence-corrected chi connectivity index (χ0v) is 26.5. The molecule has 4 aromatic rings. The Labute approximate surface area is 262 Å². The van der Waals surface area contributed by atoms with Crippen molar-refractivity contribution >= 4 is 45.9 Å². The van der Waals surface area contributed by atoms with Gasteiger partial charge in [0.05, 0.1) is 22.3 Å². The molecule has 2 saturated heterocycles. The number of amides is 1. The normalized spacial score (nSPS) is 17.8. The van der Waals surface area contributed by atoms with E-state index >= 15 is 0 Å². The van der Waals surface area contributed by atoms with E-state index in [2.05, 4.69) is 44.3 Å². The Kier molecular flexibility index (Phi) is 8.55. The second-order valence-electron chi connectivity index (χ2n) is 12.1. The minimum absolute atomic E-state index is 0.0424. The molecule has 2 aliphatic heterocycles. The van der Waals surface area contributed by atoms with Crippen LogP contribution in [-0.4, -0.2) is 75.0 Å². The summed E-state index contributed by atoms with van der Waals surface area (Å²) in [6.45, 7) is 10.4. The number of nitrogens with one attached hydrogen (secondary N) is 1. The van der Waals surface area contributed by atoms with Gasteiger partial charge >= 0.3 is 0 Å². The molecule has 0 saturated carbocycles. The number of benzene rings is 1. The van der Waals surface area contributed by atoms with E-state index in [0.29, 0.717) is 33.3 Å². The van der Waals surface area contributed by atoms with Crippen LogP contribution in [0.1, 0.15) is 57.7 Å². The number of halogens is 1. The van der Waals surface area contributed by atoms with Crippen LogP contribution in [0.2, 0.25) is 5.02 Å². The van der Waals surface area contributed by atoms with Crippen molar-refractivity contribution in [3.8, 4) is 11.3 Å². The van der Waals surface area contributed by atoms with Gasteiger partial charge in [-0.05, 0) is 82.1 Å². The van der Waals surface area contributed by atoms with Crippen LogP contribution in [0, 0.1) is 0 Å². The molecule has 1 unspecified atom stereocenters. The van der Waals surface area contributed by atoms with Gasteiger partial charge in [-0.1, -0.05) is 11.6 Å². The topological polar surface area (TPSA) is 99.5 Å². The van der Waals surface area contributed by atoms with Crippen molar-refractivity contribution in [2.45, 2.75) is 52.1 Å². The smallest absolute Gasteiger partial charge is 0.261 e. The SMILES string of the molecule is CC(=O)N1CCCCC1c1cnc(-c2cc3cnc(Nc4ccc(N5CCN(C)CC5)cc4)nc3n(C(C)C)c2=O)c(Cl)c1. The molecule has 1 atom stereocenters. The zero-order chi connectivity index (χ0) is 31.0. The first-order valence-electron chi connectivity index (χ1n) is 15.4. The summed E-state index contributed by atoms with van der Waals surface area (Å²) < 4.78 is 1.67. The number of hydrogen-bond donors (Lipinski definition) is 1. The lowest BCUT2D eigenvalue weighted by Gasteiger charge is -2.35. The minimum atomic E-state index is -0.223. The molecule has 2 fully saturated rings. The molecule has 230 valence electrons. The van der Waals surface area contributed by atoms with Crippen molar-refractivity contribution in [2.24, 2.45) is 0 Å². The van der Waals surface area contributed by atoms with Crippen molar-refractivity contribution in [1.82, 2.24) is 29.3 Å². The number of hydrogen-bond acceptors (Lipinski definition) is 8. The second kappa shape index (κ2) is 12.5. The average molecular weight is 615 g/mol. The fourth-order valence-electron chi connectivity index (χ4n) is 6.27. The predicted molar refractivity (Wildman–Crippen MR) is 176 cm³/mol. The molecule has 10 nitrogen and oxygen atoms in total. The van der Waals surface area contributed by atoms with Gasteiger partial charge in [-0.2, -0.15) is 4.98 Å². The largest absolute Gasteiger partial charge is 0.369 e. The van der Waals surface area contributed by atoms with Crippen LogP contribution in [0.15, 0.2) is 53.6 Å². The molecule has 44 heavy (non-hydrogen) atoms. The van der Waals surface area contributed by atoms with Gasteiger partial charge in [0.25, 0.3) is 5.56 Å². The number of piperazine rings is 1. The fraction of sp³-hybridized carbons (Fsp3) is 0.424. The molecule has 1 amide bonds. The van der Waals surface area contributed by atoms with Crippen molar-refractivity contribution in [1.29, 1.82) is 0 Å². The maximum absolute atomic E-state index is 13.9. The first-order chi connectivity index (χ1) is 21.2. The highest BCUT2D eigenvalue weighted by atomic mass is 35.5. The van der Waals surface area contributed by atoms with Crippen LogP contribution in [0.3, 0.4) is 0 Å². The Morgan fingerprint density at radius 1 is 1.00 bits per heavy atom. The molecule has 6 rings (SSSR count). The molecule has 0 radical (unpaired) electrons. The number of fused-ring (bicyclic) bond motifs is 1. The number of likely N-dealkylation sites (N-methyl/N-ethyl adjacent to an activating group) is 1. The third kappa shape index (κ3) is 6.01. The van der Waals surface area contributed by atoms with E-state index in [9.17, 15) is 9.59 Å². The standard InChI is InChI=1S/C33H39ClN8O2/c1-21(2)42-31-24(20-36-33(38-31)37-25-8-10-26(11-9-25)40-15-13-39(4)14-16-40)17-27(32(42)44)30-28(34)18-23(19-35-30)29-7-5-6-12-41(29)22(3)43/h8-11,17-21,29H,5-7,12-16H2,1-4H3,(H,36,37,38). The van der Waals surface area contributed by atoms with Gasteiger partial charge in [0.15, 0.2) is 0 Å². The van der Waals surface area contributed by atoms with E-state index in [-0.39, 0.29) is 23.6 Å². The highest BCUT2D eigenvalue weighted by Crippen LogP contribution is 2.35. The monoisotopic (exact) mass is 614 g/mol. The maximum atomic E-state index is 13.9. The lowest BCUT2D eigenvalue weighted by atomic mass is 9.96. The van der Waals surface area contributed by atoms with E-state index in [0.717, 1.165) is 63.2 Å². The number of pyridine rings is 2. The van der Waals surface area contributed by atoms with Gasteiger partial charge < -0.3 is 20.0 Å². The van der Waals surface area contributed by atoms with Crippen LogP contribution >= 0.6 is 11.6 Å². The number of carbonyl (C=O) groups excluding carboxylic acids is 1. The van der Waals surface area contributed by atoms with Crippen molar-refractivity contribution in [3.63, 3.8) is 0 Å². The van der Waals surface area contributed by atoms with Crippen molar-refractivity contribution in [2.75, 3.05) is 50.0 Å². The molecule has 2 aliphatic rings. The molecular formula is C33H39ClN8O2. The minimum Gasteiger partial charge on any atom is -0.369 e. The summed E-state index contributed by atoms with van der Waals surface area (Å²) in [6.07, 6.45) is 6.36. The predicted octanol–water partition coefficient (Wildman–Crippen LogP) is 5.66. The summed E-state index contributed by atoms with van der Waals surface area (Å²) in [4.78, 5) is 46.7. The molecular weight excluding hydrogens is 576 g/mol. The molecule has 0 bridgehead atoms. The fourth-order valence-corrected chi connectivity index (χ4v) is 6.54. The molecule has 11 heteroatoms. The third-order valence-electron chi connectivity index (χ3n) is 8.69.